The number of aryl methyl sites for hydroxylation is 1. The lowest BCUT2D eigenvalue weighted by Crippen LogP contribution is -2.38. The normalized spacial score (nSPS) is 18.5. The van der Waals surface area contributed by atoms with Gasteiger partial charge in [-0.1, -0.05) is 30.3 Å². The summed E-state index contributed by atoms with van der Waals surface area (Å²) in [5, 5.41) is 4.58. The third-order valence-electron chi connectivity index (χ3n) is 5.97. The summed E-state index contributed by atoms with van der Waals surface area (Å²) in [5.74, 6) is 0.671. The van der Waals surface area contributed by atoms with E-state index in [0.717, 1.165) is 44.6 Å². The zero-order chi connectivity index (χ0) is 18.3. The molecule has 2 aliphatic rings. The van der Waals surface area contributed by atoms with Crippen molar-refractivity contribution in [3.63, 3.8) is 0 Å². The van der Waals surface area contributed by atoms with Gasteiger partial charge in [0.1, 0.15) is 0 Å². The van der Waals surface area contributed by atoms with Gasteiger partial charge in [0, 0.05) is 44.8 Å². The van der Waals surface area contributed by atoms with E-state index in [1.165, 1.54) is 11.3 Å². The lowest BCUT2D eigenvalue weighted by Gasteiger charge is -2.32. The van der Waals surface area contributed by atoms with Crippen molar-refractivity contribution in [2.45, 2.75) is 51.7 Å². The molecule has 0 aliphatic carbocycles. The monoisotopic (exact) mass is 352 g/mol. The van der Waals surface area contributed by atoms with E-state index in [1.54, 1.807) is 0 Å². The highest BCUT2D eigenvalue weighted by atomic mass is 16.2. The number of hydrogen-bond donors (Lipinski definition) is 0. The third kappa shape index (κ3) is 3.05. The Morgan fingerprint density at radius 1 is 1.12 bits per heavy atom. The second kappa shape index (κ2) is 6.88. The van der Waals surface area contributed by atoms with Crippen LogP contribution in [0.15, 0.2) is 30.3 Å². The summed E-state index contributed by atoms with van der Waals surface area (Å²) in [5.41, 5.74) is 4.40. The minimum Gasteiger partial charge on any atom is -0.337 e. The number of nitrogens with zero attached hydrogens (tertiary/aromatic N) is 4. The fourth-order valence-corrected chi connectivity index (χ4v) is 4.25. The van der Waals surface area contributed by atoms with Gasteiger partial charge in [0.25, 0.3) is 5.91 Å². The smallest absolute Gasteiger partial charge is 0.274 e. The number of benzene rings is 1. The van der Waals surface area contributed by atoms with Crippen LogP contribution in [-0.4, -0.2) is 44.6 Å². The van der Waals surface area contributed by atoms with Crippen LogP contribution in [0.1, 0.15) is 59.9 Å². The summed E-state index contributed by atoms with van der Waals surface area (Å²) in [6.45, 7) is 7.77. The number of carbonyl (C=O) groups is 1. The molecule has 138 valence electrons. The molecule has 2 aliphatic heterocycles. The molecular weight excluding hydrogens is 324 g/mol. The predicted molar refractivity (Wildman–Crippen MR) is 102 cm³/mol. The highest BCUT2D eigenvalue weighted by Crippen LogP contribution is 2.31. The van der Waals surface area contributed by atoms with Crippen molar-refractivity contribution in [2.75, 3.05) is 13.1 Å². The van der Waals surface area contributed by atoms with Crippen LogP contribution in [-0.2, 0) is 20.1 Å². The molecule has 0 N–H and O–H groups in total. The van der Waals surface area contributed by atoms with Gasteiger partial charge in [0.2, 0.25) is 0 Å². The topological polar surface area (TPSA) is 41.4 Å². The van der Waals surface area contributed by atoms with Crippen molar-refractivity contribution in [3.05, 3.63) is 52.8 Å². The number of likely N-dealkylation sites (tertiary alicyclic amines) is 1. The van der Waals surface area contributed by atoms with Crippen LogP contribution in [0, 0.1) is 0 Å². The number of piperidine rings is 1. The number of aromatic nitrogens is 2. The van der Waals surface area contributed by atoms with E-state index in [0.29, 0.717) is 17.7 Å². The fourth-order valence-electron chi connectivity index (χ4n) is 4.25. The molecule has 0 saturated carbocycles. The summed E-state index contributed by atoms with van der Waals surface area (Å²) in [6.07, 6.45) is 2.06. The van der Waals surface area contributed by atoms with E-state index in [-0.39, 0.29) is 5.91 Å². The number of hydrogen-bond acceptors (Lipinski definition) is 3. The maximum atomic E-state index is 13.1. The molecule has 1 saturated heterocycles. The zero-order valence-corrected chi connectivity index (χ0v) is 16.0. The molecular formula is C21H28N4O. The van der Waals surface area contributed by atoms with Crippen molar-refractivity contribution < 1.29 is 4.79 Å². The van der Waals surface area contributed by atoms with Crippen LogP contribution in [0.25, 0.3) is 0 Å². The van der Waals surface area contributed by atoms with Gasteiger partial charge >= 0.3 is 0 Å². The highest BCUT2D eigenvalue weighted by molar-refractivity contribution is 5.94. The lowest BCUT2D eigenvalue weighted by atomic mass is 9.89. The largest absolute Gasteiger partial charge is 0.337 e. The Morgan fingerprint density at radius 3 is 2.46 bits per heavy atom. The Hall–Kier alpha value is -2.14. The number of carbonyl (C=O) groups excluding carboxylic acids is 1. The Bertz CT molecular complexity index is 788. The fraction of sp³-hybridized carbons (Fsp3) is 0.524. The molecule has 5 heteroatoms. The summed E-state index contributed by atoms with van der Waals surface area (Å²) in [7, 11) is 1.96. The molecule has 3 heterocycles. The molecule has 5 nitrogen and oxygen atoms in total. The van der Waals surface area contributed by atoms with Gasteiger partial charge in [-0.3, -0.25) is 14.4 Å². The SMILES string of the molecule is CC(C)N1Cc2c(C(=O)N3CCC(c4ccccc4)CC3)nn(C)c2C1. The number of fused-ring (bicyclic) bond motifs is 1. The minimum absolute atomic E-state index is 0.110. The molecule has 26 heavy (non-hydrogen) atoms. The van der Waals surface area contributed by atoms with E-state index >= 15 is 0 Å². The van der Waals surface area contributed by atoms with E-state index in [4.69, 9.17) is 0 Å². The van der Waals surface area contributed by atoms with Gasteiger partial charge < -0.3 is 4.90 Å². The molecule has 0 atom stereocenters. The molecule has 0 bridgehead atoms. The van der Waals surface area contributed by atoms with Gasteiger partial charge in [-0.05, 0) is 38.2 Å². The van der Waals surface area contributed by atoms with Gasteiger partial charge in [-0.15, -0.1) is 0 Å². The van der Waals surface area contributed by atoms with Crippen molar-refractivity contribution in [2.24, 2.45) is 7.05 Å². The summed E-state index contributed by atoms with van der Waals surface area (Å²) >= 11 is 0. The maximum Gasteiger partial charge on any atom is 0.274 e. The van der Waals surface area contributed by atoms with Gasteiger partial charge in [0.15, 0.2) is 5.69 Å². The summed E-state index contributed by atoms with van der Waals surface area (Å²) in [6, 6.07) is 11.1. The molecule has 0 unspecified atom stereocenters. The molecule has 1 fully saturated rings. The quantitative estimate of drug-likeness (QED) is 0.852. The van der Waals surface area contributed by atoms with Crippen molar-refractivity contribution in [3.8, 4) is 0 Å². The molecule has 1 amide bonds. The van der Waals surface area contributed by atoms with Crippen molar-refractivity contribution in [1.82, 2.24) is 19.6 Å². The molecule has 4 rings (SSSR count). The van der Waals surface area contributed by atoms with E-state index in [2.05, 4.69) is 54.2 Å². The van der Waals surface area contributed by atoms with Crippen LogP contribution in [0.4, 0.5) is 0 Å². The molecule has 1 aromatic carbocycles. The van der Waals surface area contributed by atoms with Crippen LogP contribution in [0.5, 0.6) is 0 Å². The van der Waals surface area contributed by atoms with Crippen LogP contribution < -0.4 is 0 Å². The Labute approximate surface area is 155 Å². The summed E-state index contributed by atoms with van der Waals surface area (Å²) in [4.78, 5) is 17.5. The Kier molecular flexibility index (Phi) is 4.57. The standard InChI is InChI=1S/C21H28N4O/c1-15(2)25-13-18-19(14-25)23(3)22-20(18)21(26)24-11-9-17(10-12-24)16-7-5-4-6-8-16/h4-8,15,17H,9-14H2,1-3H3. The second-order valence-electron chi connectivity index (χ2n) is 7.87. The first-order valence-corrected chi connectivity index (χ1v) is 9.67. The third-order valence-corrected chi connectivity index (χ3v) is 5.97. The molecule has 1 aromatic heterocycles. The van der Waals surface area contributed by atoms with Crippen LogP contribution in [0.3, 0.4) is 0 Å². The van der Waals surface area contributed by atoms with Crippen LogP contribution in [0.2, 0.25) is 0 Å². The van der Waals surface area contributed by atoms with E-state index < -0.39 is 0 Å². The Balaban J connectivity index is 1.46. The molecule has 0 radical (unpaired) electrons. The molecule has 0 spiro atoms. The van der Waals surface area contributed by atoms with Crippen molar-refractivity contribution >= 4 is 5.91 Å². The van der Waals surface area contributed by atoms with E-state index in [9.17, 15) is 4.79 Å². The first-order valence-electron chi connectivity index (χ1n) is 9.67. The van der Waals surface area contributed by atoms with E-state index in [1.807, 2.05) is 16.6 Å². The zero-order valence-electron chi connectivity index (χ0n) is 16.0. The first-order chi connectivity index (χ1) is 12.5. The van der Waals surface area contributed by atoms with Crippen molar-refractivity contribution in [1.29, 1.82) is 0 Å². The van der Waals surface area contributed by atoms with Crippen LogP contribution >= 0.6 is 0 Å². The number of rotatable bonds is 3. The minimum atomic E-state index is 0.110. The lowest BCUT2D eigenvalue weighted by molar-refractivity contribution is 0.0703. The maximum absolute atomic E-state index is 13.1. The first kappa shape index (κ1) is 17.3. The van der Waals surface area contributed by atoms with Gasteiger partial charge in [-0.25, -0.2) is 0 Å². The average Bonchev–Trinajstić information content (AvgIpc) is 3.23. The predicted octanol–water partition coefficient (Wildman–Crippen LogP) is 3.16. The average molecular weight is 352 g/mol. The van der Waals surface area contributed by atoms with Gasteiger partial charge in [0.05, 0.1) is 5.69 Å². The second-order valence-corrected chi connectivity index (χ2v) is 7.87. The highest BCUT2D eigenvalue weighted by Gasteiger charge is 2.33. The molecule has 2 aromatic rings. The summed E-state index contributed by atoms with van der Waals surface area (Å²) < 4.78 is 1.90. The van der Waals surface area contributed by atoms with Gasteiger partial charge in [-0.2, -0.15) is 5.10 Å². The number of amides is 1. The Morgan fingerprint density at radius 2 is 1.81 bits per heavy atom.